The van der Waals surface area contributed by atoms with Gasteiger partial charge in [-0.05, 0) is 40.9 Å². The molecule has 0 bridgehead atoms. The lowest BCUT2D eigenvalue weighted by atomic mass is 10.1. The molecule has 8 heteroatoms. The Labute approximate surface area is 112 Å². The van der Waals surface area contributed by atoms with E-state index in [9.17, 15) is 0 Å². The van der Waals surface area contributed by atoms with E-state index in [1.165, 1.54) is 11.5 Å². The third kappa shape index (κ3) is 2.24. The van der Waals surface area contributed by atoms with Gasteiger partial charge >= 0.3 is 0 Å². The van der Waals surface area contributed by atoms with Gasteiger partial charge in [0.25, 0.3) is 0 Å². The second-order valence-electron chi connectivity index (χ2n) is 3.55. The minimum Gasteiger partial charge on any atom is -0.307 e. The van der Waals surface area contributed by atoms with E-state index in [2.05, 4.69) is 48.1 Å². The normalized spacial score (nSPS) is 12.9. The van der Waals surface area contributed by atoms with Crippen molar-refractivity contribution in [3.63, 3.8) is 0 Å². The summed E-state index contributed by atoms with van der Waals surface area (Å²) in [6, 6.07) is 0.0133. The molecule has 92 valence electrons. The number of aryl methyl sites for hydroxylation is 2. The van der Waals surface area contributed by atoms with Gasteiger partial charge in [-0.2, -0.15) is 0 Å². The highest BCUT2D eigenvalue weighted by molar-refractivity contribution is 9.10. The molecule has 6 nitrogen and oxygen atoms in total. The van der Waals surface area contributed by atoms with Crippen LogP contribution in [0.3, 0.4) is 0 Å². The first-order chi connectivity index (χ1) is 8.19. The number of halogens is 1. The fourth-order valence-electron chi connectivity index (χ4n) is 1.72. The first-order valence-electron chi connectivity index (χ1n) is 5.22. The summed E-state index contributed by atoms with van der Waals surface area (Å²) >= 11 is 4.83. The Morgan fingerprint density at radius 1 is 1.47 bits per heavy atom. The largest absolute Gasteiger partial charge is 0.307 e. The van der Waals surface area contributed by atoms with Gasteiger partial charge in [0.05, 0.1) is 22.3 Å². The summed E-state index contributed by atoms with van der Waals surface area (Å²) in [6.45, 7) is 2.07. The van der Waals surface area contributed by atoms with E-state index in [-0.39, 0.29) is 6.04 Å². The molecule has 2 aromatic heterocycles. The molecule has 0 spiro atoms. The van der Waals surface area contributed by atoms with E-state index >= 15 is 0 Å². The maximum atomic E-state index is 4.14. The van der Waals surface area contributed by atoms with Crippen molar-refractivity contribution in [3.05, 3.63) is 20.9 Å². The van der Waals surface area contributed by atoms with E-state index in [4.69, 9.17) is 0 Å². The molecule has 0 fully saturated rings. The predicted molar refractivity (Wildman–Crippen MR) is 68.9 cm³/mol. The van der Waals surface area contributed by atoms with E-state index in [1.807, 2.05) is 14.1 Å². The highest BCUT2D eigenvalue weighted by Gasteiger charge is 2.24. The van der Waals surface area contributed by atoms with Crippen LogP contribution < -0.4 is 5.32 Å². The van der Waals surface area contributed by atoms with Crippen molar-refractivity contribution in [3.8, 4) is 0 Å². The van der Waals surface area contributed by atoms with Crippen LogP contribution >= 0.6 is 27.5 Å². The van der Waals surface area contributed by atoms with E-state index in [1.54, 1.807) is 4.68 Å². The predicted octanol–water partition coefficient (Wildman–Crippen LogP) is 1.30. The molecular formula is C9H13BrN6S. The number of hydrogen-bond acceptors (Lipinski definition) is 6. The van der Waals surface area contributed by atoms with E-state index < -0.39 is 0 Å². The molecule has 2 heterocycles. The summed E-state index contributed by atoms with van der Waals surface area (Å²) in [5.74, 6) is 0. The summed E-state index contributed by atoms with van der Waals surface area (Å²) in [4.78, 5) is 1.11. The zero-order valence-electron chi connectivity index (χ0n) is 9.81. The van der Waals surface area contributed by atoms with Crippen molar-refractivity contribution in [1.29, 1.82) is 0 Å². The first kappa shape index (κ1) is 12.6. The number of nitrogens with zero attached hydrogens (tertiary/aromatic N) is 5. The van der Waals surface area contributed by atoms with Crippen LogP contribution in [0.1, 0.15) is 29.2 Å². The fraction of sp³-hybridized carbons (Fsp3) is 0.556. The molecule has 0 amide bonds. The van der Waals surface area contributed by atoms with Crippen LogP contribution in [-0.2, 0) is 13.5 Å². The van der Waals surface area contributed by atoms with Crippen molar-refractivity contribution in [1.82, 2.24) is 29.9 Å². The highest BCUT2D eigenvalue weighted by atomic mass is 79.9. The van der Waals surface area contributed by atoms with E-state index in [0.717, 1.165) is 27.3 Å². The Bertz CT molecular complexity index is 488. The average Bonchev–Trinajstić information content (AvgIpc) is 2.91. The Balaban J connectivity index is 2.47. The van der Waals surface area contributed by atoms with Crippen LogP contribution in [0.5, 0.6) is 0 Å². The fourth-order valence-corrected chi connectivity index (χ4v) is 3.13. The molecule has 1 unspecified atom stereocenters. The summed E-state index contributed by atoms with van der Waals surface area (Å²) in [7, 11) is 3.78. The Morgan fingerprint density at radius 3 is 2.76 bits per heavy atom. The number of rotatable bonds is 4. The zero-order chi connectivity index (χ0) is 12.4. The van der Waals surface area contributed by atoms with E-state index in [0.29, 0.717) is 0 Å². The van der Waals surface area contributed by atoms with Crippen molar-refractivity contribution in [2.24, 2.45) is 7.05 Å². The van der Waals surface area contributed by atoms with Crippen LogP contribution in [-0.4, -0.2) is 31.6 Å². The summed E-state index contributed by atoms with van der Waals surface area (Å²) in [5, 5.41) is 15.4. The highest BCUT2D eigenvalue weighted by Crippen LogP contribution is 2.30. The van der Waals surface area contributed by atoms with Gasteiger partial charge in [0.1, 0.15) is 0 Å². The lowest BCUT2D eigenvalue weighted by Crippen LogP contribution is -2.21. The zero-order valence-corrected chi connectivity index (χ0v) is 12.2. The number of nitrogens with one attached hydrogen (secondary N) is 1. The molecule has 0 saturated heterocycles. The smallest absolute Gasteiger partial charge is 0.153 e. The lowest BCUT2D eigenvalue weighted by Gasteiger charge is -2.15. The molecule has 2 rings (SSSR count). The van der Waals surface area contributed by atoms with Crippen molar-refractivity contribution in [2.75, 3.05) is 7.05 Å². The topological polar surface area (TPSA) is 68.5 Å². The summed E-state index contributed by atoms with van der Waals surface area (Å²) in [6.07, 6.45) is 0.868. The van der Waals surface area contributed by atoms with Crippen molar-refractivity contribution < 1.29 is 0 Å². The molecule has 0 aromatic carbocycles. The van der Waals surface area contributed by atoms with Gasteiger partial charge in [0, 0.05) is 7.05 Å². The molecule has 0 aliphatic heterocycles. The summed E-state index contributed by atoms with van der Waals surface area (Å²) in [5.41, 5.74) is 2.00. The monoisotopic (exact) mass is 316 g/mol. The lowest BCUT2D eigenvalue weighted by molar-refractivity contribution is 0.599. The van der Waals surface area contributed by atoms with Gasteiger partial charge in [-0.15, -0.1) is 10.2 Å². The van der Waals surface area contributed by atoms with Crippen LogP contribution in [0.4, 0.5) is 0 Å². The molecular weight excluding hydrogens is 304 g/mol. The maximum Gasteiger partial charge on any atom is 0.153 e. The number of aromatic nitrogens is 5. The van der Waals surface area contributed by atoms with Gasteiger partial charge in [-0.3, -0.25) is 0 Å². The first-order valence-corrected chi connectivity index (χ1v) is 6.79. The quantitative estimate of drug-likeness (QED) is 0.920. The molecule has 0 aliphatic rings. The maximum absolute atomic E-state index is 4.14. The Kier molecular flexibility index (Phi) is 3.85. The minimum absolute atomic E-state index is 0.0133. The van der Waals surface area contributed by atoms with Crippen molar-refractivity contribution >= 4 is 27.5 Å². The molecule has 2 aromatic rings. The standard InChI is InChI=1S/C9H13BrN6S/c1-4-5-8(17-15-12-5)6(11-2)7-9(10)13-14-16(7)3/h6,11H,4H2,1-3H3. The molecule has 1 atom stereocenters. The molecule has 17 heavy (non-hydrogen) atoms. The van der Waals surface area contributed by atoms with Gasteiger partial charge in [0.15, 0.2) is 4.60 Å². The second-order valence-corrected chi connectivity index (χ2v) is 5.09. The van der Waals surface area contributed by atoms with Crippen LogP contribution in [0.25, 0.3) is 0 Å². The number of hydrogen-bond donors (Lipinski definition) is 1. The molecule has 0 radical (unpaired) electrons. The molecule has 1 N–H and O–H groups in total. The van der Waals surface area contributed by atoms with Crippen LogP contribution in [0, 0.1) is 0 Å². The van der Waals surface area contributed by atoms with Crippen molar-refractivity contribution in [2.45, 2.75) is 19.4 Å². The minimum atomic E-state index is 0.0133. The van der Waals surface area contributed by atoms with Gasteiger partial charge in [-0.25, -0.2) is 4.68 Å². The van der Waals surface area contributed by atoms with Gasteiger partial charge in [-0.1, -0.05) is 16.6 Å². The van der Waals surface area contributed by atoms with Gasteiger partial charge < -0.3 is 5.32 Å². The second kappa shape index (κ2) is 5.19. The third-order valence-corrected chi connectivity index (χ3v) is 3.97. The SMILES string of the molecule is CCc1nnsc1C(NC)c1c(Br)nnn1C. The summed E-state index contributed by atoms with van der Waals surface area (Å²) < 4.78 is 6.52. The average molecular weight is 317 g/mol. The van der Waals surface area contributed by atoms with Crippen LogP contribution in [0.15, 0.2) is 4.60 Å². The molecule has 0 saturated carbocycles. The third-order valence-electron chi connectivity index (χ3n) is 2.57. The van der Waals surface area contributed by atoms with Gasteiger partial charge in [0.2, 0.25) is 0 Å². The van der Waals surface area contributed by atoms with Crippen LogP contribution in [0.2, 0.25) is 0 Å². The molecule has 0 aliphatic carbocycles. The Hall–Kier alpha value is -0.860. The Morgan fingerprint density at radius 2 is 2.24 bits per heavy atom.